The summed E-state index contributed by atoms with van der Waals surface area (Å²) in [6.07, 6.45) is 2.66. The zero-order chi connectivity index (χ0) is 12.0. The Bertz CT molecular complexity index is 483. The van der Waals surface area contributed by atoms with Gasteiger partial charge in [-0.15, -0.1) is 0 Å². The van der Waals surface area contributed by atoms with Gasteiger partial charge in [-0.2, -0.15) is 4.58 Å². The van der Waals surface area contributed by atoms with Crippen molar-refractivity contribution in [1.82, 2.24) is 0 Å². The Morgan fingerprint density at radius 2 is 1.94 bits per heavy atom. The van der Waals surface area contributed by atoms with Gasteiger partial charge in [-0.05, 0) is 30.4 Å². The molecule has 2 nitrogen and oxygen atoms in total. The molecule has 90 valence electrons. The molecule has 0 spiro atoms. The van der Waals surface area contributed by atoms with E-state index >= 15 is 0 Å². The largest absolute Gasteiger partial charge is 0.437 e. The van der Waals surface area contributed by atoms with E-state index in [2.05, 4.69) is 49.7 Å². The van der Waals surface area contributed by atoms with Gasteiger partial charge < -0.3 is 4.74 Å². The van der Waals surface area contributed by atoms with Crippen LogP contribution in [0.4, 0.5) is 0 Å². The Kier molecular flexibility index (Phi) is 2.29. The minimum atomic E-state index is 0.103. The number of likely N-dealkylation sites (N-methyl/N-ethyl adjacent to an activating group) is 1. The van der Waals surface area contributed by atoms with Crippen molar-refractivity contribution in [1.29, 1.82) is 0 Å². The van der Waals surface area contributed by atoms with Crippen molar-refractivity contribution in [2.24, 2.45) is 0 Å². The lowest BCUT2D eigenvalue weighted by molar-refractivity contribution is -0.562. The van der Waals surface area contributed by atoms with Crippen LogP contribution < -0.4 is 0 Å². The van der Waals surface area contributed by atoms with Crippen LogP contribution in [0, 0.1) is 0 Å². The average molecular weight is 230 g/mol. The summed E-state index contributed by atoms with van der Waals surface area (Å²) >= 11 is 0. The molecule has 0 N–H and O–H groups in total. The number of nitrogens with zero attached hydrogens (tertiary/aromatic N) is 1. The van der Waals surface area contributed by atoms with E-state index in [0.29, 0.717) is 0 Å². The van der Waals surface area contributed by atoms with Crippen molar-refractivity contribution in [2.75, 3.05) is 13.7 Å². The van der Waals surface area contributed by atoms with Crippen molar-refractivity contribution < 1.29 is 9.31 Å². The van der Waals surface area contributed by atoms with Crippen LogP contribution in [0.25, 0.3) is 0 Å². The van der Waals surface area contributed by atoms with Gasteiger partial charge in [0.2, 0.25) is 0 Å². The third-order valence-electron chi connectivity index (χ3n) is 3.98. The van der Waals surface area contributed by atoms with Crippen LogP contribution in [0.15, 0.2) is 24.3 Å². The topological polar surface area (TPSA) is 12.2 Å². The normalized spacial score (nSPS) is 22.8. The first-order valence-electron chi connectivity index (χ1n) is 6.42. The first kappa shape index (κ1) is 10.8. The lowest BCUT2D eigenvalue weighted by atomic mass is 10.0. The van der Waals surface area contributed by atoms with Gasteiger partial charge in [0.05, 0.1) is 5.56 Å². The lowest BCUT2D eigenvalue weighted by Crippen LogP contribution is -2.33. The zero-order valence-corrected chi connectivity index (χ0v) is 10.9. The fourth-order valence-electron chi connectivity index (χ4n) is 2.41. The van der Waals surface area contributed by atoms with Gasteiger partial charge in [-0.1, -0.05) is 18.2 Å². The summed E-state index contributed by atoms with van der Waals surface area (Å²) in [5.74, 6) is 1.82. The van der Waals surface area contributed by atoms with Crippen molar-refractivity contribution in [3.63, 3.8) is 0 Å². The molecule has 1 aromatic rings. The molecule has 2 aliphatic rings. The van der Waals surface area contributed by atoms with E-state index < -0.39 is 0 Å². The molecule has 1 fully saturated rings. The van der Waals surface area contributed by atoms with Gasteiger partial charge in [-0.25, -0.2) is 0 Å². The van der Waals surface area contributed by atoms with Gasteiger partial charge in [0.25, 0.3) is 0 Å². The van der Waals surface area contributed by atoms with Crippen LogP contribution in [0.5, 0.6) is 0 Å². The molecule has 0 atom stereocenters. The summed E-state index contributed by atoms with van der Waals surface area (Å²) in [5, 5.41) is 0. The second-order valence-electron chi connectivity index (χ2n) is 5.83. The van der Waals surface area contributed by atoms with E-state index in [-0.39, 0.29) is 5.54 Å². The van der Waals surface area contributed by atoms with Crippen LogP contribution >= 0.6 is 0 Å². The number of benzene rings is 1. The molecule has 1 aliphatic carbocycles. The summed E-state index contributed by atoms with van der Waals surface area (Å²) in [6, 6.07) is 8.69. The summed E-state index contributed by atoms with van der Waals surface area (Å²) in [5.41, 5.74) is 2.86. The molecular formula is C15H20NO+. The molecule has 1 aliphatic heterocycles. The third-order valence-corrected chi connectivity index (χ3v) is 3.98. The maximum atomic E-state index is 5.93. The second-order valence-corrected chi connectivity index (χ2v) is 5.83. The molecule has 0 saturated heterocycles. The van der Waals surface area contributed by atoms with Gasteiger partial charge in [0, 0.05) is 13.8 Å². The Balaban J connectivity index is 2.08. The highest BCUT2D eigenvalue weighted by atomic mass is 16.5. The molecule has 1 heterocycles. The van der Waals surface area contributed by atoms with E-state index in [9.17, 15) is 0 Å². The van der Waals surface area contributed by atoms with Gasteiger partial charge in [-0.3, -0.25) is 0 Å². The van der Waals surface area contributed by atoms with Crippen LogP contribution in [-0.2, 0) is 4.74 Å². The van der Waals surface area contributed by atoms with Gasteiger partial charge in [0.1, 0.15) is 7.05 Å². The Morgan fingerprint density at radius 1 is 1.24 bits per heavy atom. The SMILES string of the molecule is C[N+]1=C(c2ccccc2C2CC2)OCC1(C)C. The first-order valence-corrected chi connectivity index (χ1v) is 6.42. The molecule has 3 rings (SSSR count). The average Bonchev–Trinajstić information content (AvgIpc) is 3.10. The molecule has 2 heteroatoms. The van der Waals surface area contributed by atoms with Crippen molar-refractivity contribution in [3.8, 4) is 0 Å². The van der Waals surface area contributed by atoms with Crippen LogP contribution in [0.1, 0.15) is 43.7 Å². The Morgan fingerprint density at radius 3 is 2.53 bits per heavy atom. The van der Waals surface area contributed by atoms with E-state index in [1.54, 1.807) is 0 Å². The molecule has 17 heavy (non-hydrogen) atoms. The van der Waals surface area contributed by atoms with Crippen molar-refractivity contribution in [3.05, 3.63) is 35.4 Å². The fourth-order valence-corrected chi connectivity index (χ4v) is 2.41. The molecule has 0 bridgehead atoms. The molecule has 0 unspecified atom stereocenters. The zero-order valence-electron chi connectivity index (χ0n) is 10.9. The number of hydrogen-bond acceptors (Lipinski definition) is 1. The maximum Gasteiger partial charge on any atom is 0.370 e. The summed E-state index contributed by atoms with van der Waals surface area (Å²) < 4.78 is 8.20. The number of rotatable bonds is 2. The van der Waals surface area contributed by atoms with Crippen molar-refractivity contribution >= 4 is 5.90 Å². The van der Waals surface area contributed by atoms with E-state index in [4.69, 9.17) is 4.74 Å². The van der Waals surface area contributed by atoms with Gasteiger partial charge in [0.15, 0.2) is 12.1 Å². The van der Waals surface area contributed by atoms with Gasteiger partial charge >= 0.3 is 5.90 Å². The molecule has 0 radical (unpaired) electrons. The predicted molar refractivity (Wildman–Crippen MR) is 68.7 cm³/mol. The van der Waals surface area contributed by atoms with Crippen LogP contribution in [-0.4, -0.2) is 29.7 Å². The summed E-state index contributed by atoms with van der Waals surface area (Å²) in [6.45, 7) is 5.22. The van der Waals surface area contributed by atoms with Crippen molar-refractivity contribution in [2.45, 2.75) is 38.1 Å². The molecule has 1 saturated carbocycles. The highest BCUT2D eigenvalue weighted by Crippen LogP contribution is 2.42. The quantitative estimate of drug-likeness (QED) is 0.712. The maximum absolute atomic E-state index is 5.93. The second kappa shape index (κ2) is 3.59. The Labute approximate surface area is 103 Å². The minimum Gasteiger partial charge on any atom is -0.437 e. The minimum absolute atomic E-state index is 0.103. The van der Waals surface area contributed by atoms with E-state index in [1.807, 2.05) is 0 Å². The molecular weight excluding hydrogens is 210 g/mol. The summed E-state index contributed by atoms with van der Waals surface area (Å²) in [4.78, 5) is 0. The fraction of sp³-hybridized carbons (Fsp3) is 0.533. The predicted octanol–water partition coefficient (Wildman–Crippen LogP) is 2.76. The number of ether oxygens (including phenoxy) is 1. The molecule has 1 aromatic carbocycles. The standard InChI is InChI=1S/C15H20NO/c1-15(2)10-17-14(16(15)3)13-7-5-4-6-12(13)11-8-9-11/h4-7,11H,8-10H2,1-3H3/q+1. The smallest absolute Gasteiger partial charge is 0.370 e. The summed E-state index contributed by atoms with van der Waals surface area (Å²) in [7, 11) is 2.13. The highest BCUT2D eigenvalue weighted by molar-refractivity contribution is 5.93. The van der Waals surface area contributed by atoms with E-state index in [1.165, 1.54) is 24.0 Å². The molecule has 0 amide bonds. The first-order chi connectivity index (χ1) is 8.09. The highest BCUT2D eigenvalue weighted by Gasteiger charge is 2.41. The molecule has 0 aromatic heterocycles. The van der Waals surface area contributed by atoms with E-state index in [0.717, 1.165) is 18.4 Å². The lowest BCUT2D eigenvalue weighted by Gasteiger charge is -2.10. The Hall–Kier alpha value is -1.31. The monoisotopic (exact) mass is 230 g/mol. The third kappa shape index (κ3) is 1.76. The number of hydrogen-bond donors (Lipinski definition) is 0. The van der Waals surface area contributed by atoms with Crippen LogP contribution in [0.2, 0.25) is 0 Å². The van der Waals surface area contributed by atoms with Crippen LogP contribution in [0.3, 0.4) is 0 Å².